The Kier molecular flexibility index (Phi) is 4.66. The molecule has 2 rings (SSSR count). The van der Waals surface area contributed by atoms with Crippen molar-refractivity contribution in [3.63, 3.8) is 0 Å². The second-order valence-corrected chi connectivity index (χ2v) is 7.02. The zero-order valence-electron chi connectivity index (χ0n) is 11.3. The van der Waals surface area contributed by atoms with Crippen LogP contribution in [0.25, 0.3) is 0 Å². The average Bonchev–Trinajstić information content (AvgIpc) is 2.83. The molecule has 3 N–H and O–H groups in total. The molecule has 1 aromatic carbocycles. The number of alkyl halides is 3. The number of hydrogen-bond acceptors (Lipinski definition) is 3. The topological polar surface area (TPSA) is 38.0 Å². The number of thioether (sulfide) groups is 1. The van der Waals surface area contributed by atoms with Crippen molar-refractivity contribution in [2.45, 2.75) is 43.2 Å². The van der Waals surface area contributed by atoms with Gasteiger partial charge in [0.25, 0.3) is 0 Å². The summed E-state index contributed by atoms with van der Waals surface area (Å²) in [6, 6.07) is 5.46. The monoisotopic (exact) mass is 304 g/mol. The first-order valence-electron chi connectivity index (χ1n) is 6.61. The fourth-order valence-electron chi connectivity index (χ4n) is 2.64. The molecular weight excluding hydrogens is 285 g/mol. The van der Waals surface area contributed by atoms with Crippen LogP contribution in [0.4, 0.5) is 13.2 Å². The third kappa shape index (κ3) is 3.48. The molecule has 1 aromatic rings. The predicted octanol–water partition coefficient (Wildman–Crippen LogP) is 3.37. The maximum atomic E-state index is 12.7. The van der Waals surface area contributed by atoms with Crippen LogP contribution in [0.15, 0.2) is 24.3 Å². The van der Waals surface area contributed by atoms with E-state index in [1.807, 2.05) is 11.8 Å². The number of hydrogen-bond donors (Lipinski definition) is 2. The minimum absolute atomic E-state index is 0.0109. The van der Waals surface area contributed by atoms with Gasteiger partial charge in [-0.1, -0.05) is 18.2 Å². The Hall–Kier alpha value is -0.720. The summed E-state index contributed by atoms with van der Waals surface area (Å²) in [7, 11) is 0. The van der Waals surface area contributed by atoms with Crippen molar-refractivity contribution >= 4 is 11.8 Å². The Morgan fingerprint density at radius 2 is 2.20 bits per heavy atom. The van der Waals surface area contributed by atoms with Crippen molar-refractivity contribution in [1.82, 2.24) is 5.43 Å². The lowest BCUT2D eigenvalue weighted by atomic mass is 9.91. The molecule has 1 heterocycles. The van der Waals surface area contributed by atoms with E-state index in [1.165, 1.54) is 12.1 Å². The molecule has 1 aliphatic heterocycles. The maximum absolute atomic E-state index is 12.7. The van der Waals surface area contributed by atoms with Crippen molar-refractivity contribution in [3.8, 4) is 0 Å². The van der Waals surface area contributed by atoms with Crippen LogP contribution in [0.2, 0.25) is 0 Å². The van der Waals surface area contributed by atoms with E-state index >= 15 is 0 Å². The Morgan fingerprint density at radius 3 is 2.75 bits per heavy atom. The summed E-state index contributed by atoms with van der Waals surface area (Å²) < 4.78 is 38.1. The highest BCUT2D eigenvalue weighted by Crippen LogP contribution is 2.41. The van der Waals surface area contributed by atoms with E-state index in [4.69, 9.17) is 5.84 Å². The first-order chi connectivity index (χ1) is 9.35. The highest BCUT2D eigenvalue weighted by molar-refractivity contribution is 8.00. The maximum Gasteiger partial charge on any atom is 0.416 e. The lowest BCUT2D eigenvalue weighted by molar-refractivity contribution is -0.137. The molecule has 0 radical (unpaired) electrons. The third-order valence-electron chi connectivity index (χ3n) is 3.88. The van der Waals surface area contributed by atoms with Gasteiger partial charge in [0, 0.05) is 10.8 Å². The molecule has 1 saturated heterocycles. The standard InChI is InChI=1S/C14H19F3N2S/c1-13(6-3-7-20-13)12(19-18)9-10-4-2-5-11(8-10)14(15,16)17/h2,4-5,8,12,19H,3,6-7,9,18H2,1H3. The van der Waals surface area contributed by atoms with E-state index in [1.54, 1.807) is 6.07 Å². The summed E-state index contributed by atoms with van der Waals surface area (Å²) in [5.74, 6) is 6.70. The molecular formula is C14H19F3N2S. The Balaban J connectivity index is 2.16. The highest BCUT2D eigenvalue weighted by Gasteiger charge is 2.37. The average molecular weight is 304 g/mol. The van der Waals surface area contributed by atoms with E-state index < -0.39 is 11.7 Å². The zero-order chi connectivity index (χ0) is 14.8. The van der Waals surface area contributed by atoms with Crippen molar-refractivity contribution in [1.29, 1.82) is 0 Å². The normalized spacial score (nSPS) is 24.9. The summed E-state index contributed by atoms with van der Waals surface area (Å²) in [5.41, 5.74) is 2.85. The molecule has 0 spiro atoms. The van der Waals surface area contributed by atoms with Gasteiger partial charge in [0.1, 0.15) is 0 Å². The molecule has 0 saturated carbocycles. The van der Waals surface area contributed by atoms with E-state index in [0.29, 0.717) is 12.0 Å². The minimum atomic E-state index is -4.30. The number of nitrogens with two attached hydrogens (primary N) is 1. The van der Waals surface area contributed by atoms with Crippen LogP contribution in [0.3, 0.4) is 0 Å². The minimum Gasteiger partial charge on any atom is -0.271 e. The number of halogens is 3. The van der Waals surface area contributed by atoms with Crippen LogP contribution in [0, 0.1) is 0 Å². The van der Waals surface area contributed by atoms with Gasteiger partial charge in [-0.05, 0) is 43.6 Å². The van der Waals surface area contributed by atoms with Gasteiger partial charge in [-0.15, -0.1) is 0 Å². The molecule has 1 fully saturated rings. The lowest BCUT2D eigenvalue weighted by Crippen LogP contribution is -2.50. The lowest BCUT2D eigenvalue weighted by Gasteiger charge is -2.33. The molecule has 20 heavy (non-hydrogen) atoms. The van der Waals surface area contributed by atoms with Gasteiger partial charge in [-0.2, -0.15) is 24.9 Å². The van der Waals surface area contributed by atoms with Gasteiger partial charge in [-0.3, -0.25) is 11.3 Å². The van der Waals surface area contributed by atoms with E-state index in [0.717, 1.165) is 24.7 Å². The number of hydrazine groups is 1. The fourth-order valence-corrected chi connectivity index (χ4v) is 4.03. The summed E-state index contributed by atoms with van der Waals surface area (Å²) >= 11 is 1.84. The van der Waals surface area contributed by atoms with Gasteiger partial charge in [-0.25, -0.2) is 0 Å². The van der Waals surface area contributed by atoms with E-state index in [9.17, 15) is 13.2 Å². The predicted molar refractivity (Wildman–Crippen MR) is 76.4 cm³/mol. The second-order valence-electron chi connectivity index (χ2n) is 5.39. The molecule has 2 unspecified atom stereocenters. The quantitative estimate of drug-likeness (QED) is 0.661. The molecule has 0 aliphatic carbocycles. The van der Waals surface area contributed by atoms with E-state index in [2.05, 4.69) is 12.3 Å². The number of nitrogens with one attached hydrogen (secondary N) is 1. The smallest absolute Gasteiger partial charge is 0.271 e. The van der Waals surface area contributed by atoms with Crippen LogP contribution in [-0.4, -0.2) is 16.5 Å². The summed E-state index contributed by atoms with van der Waals surface area (Å²) in [6.07, 6.45) is -1.63. The molecule has 2 atom stereocenters. The molecule has 0 aromatic heterocycles. The van der Waals surface area contributed by atoms with Gasteiger partial charge < -0.3 is 0 Å². The van der Waals surface area contributed by atoms with Gasteiger partial charge >= 0.3 is 6.18 Å². The van der Waals surface area contributed by atoms with Crippen LogP contribution in [0.1, 0.15) is 30.9 Å². The first kappa shape index (κ1) is 15.7. The van der Waals surface area contributed by atoms with Gasteiger partial charge in [0.05, 0.1) is 5.56 Å². The number of rotatable bonds is 4. The van der Waals surface area contributed by atoms with Gasteiger partial charge in [0.15, 0.2) is 0 Å². The van der Waals surface area contributed by atoms with Crippen LogP contribution >= 0.6 is 11.8 Å². The second kappa shape index (κ2) is 5.95. The van der Waals surface area contributed by atoms with Crippen molar-refractivity contribution in [2.24, 2.45) is 5.84 Å². The SMILES string of the molecule is CC1(C(Cc2cccc(C(F)(F)F)c2)NN)CCCS1. The van der Waals surface area contributed by atoms with Gasteiger partial charge in [0.2, 0.25) is 0 Å². The first-order valence-corrected chi connectivity index (χ1v) is 7.60. The van der Waals surface area contributed by atoms with Crippen molar-refractivity contribution < 1.29 is 13.2 Å². The third-order valence-corrected chi connectivity index (χ3v) is 5.52. The fraction of sp³-hybridized carbons (Fsp3) is 0.571. The highest BCUT2D eigenvalue weighted by atomic mass is 32.2. The molecule has 1 aliphatic rings. The zero-order valence-corrected chi connectivity index (χ0v) is 12.2. The Morgan fingerprint density at radius 1 is 1.45 bits per heavy atom. The number of benzene rings is 1. The molecule has 0 amide bonds. The van der Waals surface area contributed by atoms with Crippen LogP contribution < -0.4 is 11.3 Å². The Labute approximate surface area is 121 Å². The van der Waals surface area contributed by atoms with Crippen molar-refractivity contribution in [2.75, 3.05) is 5.75 Å². The largest absolute Gasteiger partial charge is 0.416 e. The molecule has 112 valence electrons. The summed E-state index contributed by atoms with van der Waals surface area (Å²) in [6.45, 7) is 2.13. The molecule has 2 nitrogen and oxygen atoms in total. The van der Waals surface area contributed by atoms with Crippen molar-refractivity contribution in [3.05, 3.63) is 35.4 Å². The van der Waals surface area contributed by atoms with Crippen LogP contribution in [0.5, 0.6) is 0 Å². The molecule has 6 heteroatoms. The molecule has 0 bridgehead atoms. The Bertz CT molecular complexity index is 456. The summed E-state index contributed by atoms with van der Waals surface area (Å²) in [4.78, 5) is 0. The van der Waals surface area contributed by atoms with E-state index in [-0.39, 0.29) is 10.8 Å². The van der Waals surface area contributed by atoms with Crippen LogP contribution in [-0.2, 0) is 12.6 Å². The summed E-state index contributed by atoms with van der Waals surface area (Å²) in [5, 5.41) is 0.